The number of carbonyl (C=O) groups is 1. The van der Waals surface area contributed by atoms with Crippen LogP contribution in [0.15, 0.2) is 40.8 Å². The standard InChI is InChI=1S/C19H19N3O2/c1-13-2-7-17(24-13)12-22(19-8-15(9-19)10-19)18(23)21-16-5-3-14(11-20)4-6-16/h2-7,15H,8-10,12H2,1H3,(H,21,23). The van der Waals surface area contributed by atoms with Gasteiger partial charge in [-0.25, -0.2) is 4.79 Å². The summed E-state index contributed by atoms with van der Waals surface area (Å²) < 4.78 is 5.67. The van der Waals surface area contributed by atoms with Crippen molar-refractivity contribution >= 4 is 11.7 Å². The Morgan fingerprint density at radius 3 is 2.50 bits per heavy atom. The Morgan fingerprint density at radius 1 is 1.29 bits per heavy atom. The van der Waals surface area contributed by atoms with Crippen molar-refractivity contribution in [2.75, 3.05) is 5.32 Å². The monoisotopic (exact) mass is 321 g/mol. The SMILES string of the molecule is Cc1ccc(CN(C(=O)Nc2ccc(C#N)cc2)C23CC(C2)C3)o1. The van der Waals surface area contributed by atoms with E-state index in [0.717, 1.165) is 36.7 Å². The van der Waals surface area contributed by atoms with Crippen molar-refractivity contribution in [3.8, 4) is 6.07 Å². The molecule has 1 aromatic carbocycles. The van der Waals surface area contributed by atoms with Crippen LogP contribution >= 0.6 is 0 Å². The van der Waals surface area contributed by atoms with Gasteiger partial charge in [0.05, 0.1) is 18.2 Å². The Labute approximate surface area is 140 Å². The van der Waals surface area contributed by atoms with Crippen LogP contribution in [-0.4, -0.2) is 16.5 Å². The minimum absolute atomic E-state index is 0.00202. The van der Waals surface area contributed by atoms with Crippen molar-refractivity contribution in [2.24, 2.45) is 5.92 Å². The molecule has 0 spiro atoms. The van der Waals surface area contributed by atoms with Gasteiger partial charge in [0.2, 0.25) is 0 Å². The van der Waals surface area contributed by atoms with Crippen LogP contribution < -0.4 is 5.32 Å². The van der Waals surface area contributed by atoms with E-state index in [2.05, 4.69) is 11.4 Å². The average molecular weight is 321 g/mol. The summed E-state index contributed by atoms with van der Waals surface area (Å²) in [6.45, 7) is 2.40. The van der Waals surface area contributed by atoms with E-state index in [1.165, 1.54) is 0 Å². The van der Waals surface area contributed by atoms with Gasteiger partial charge in [0.15, 0.2) is 0 Å². The number of urea groups is 1. The predicted octanol–water partition coefficient (Wildman–Crippen LogP) is 4.05. The summed E-state index contributed by atoms with van der Waals surface area (Å²) in [4.78, 5) is 14.8. The van der Waals surface area contributed by atoms with Crippen LogP contribution in [0, 0.1) is 24.2 Å². The fourth-order valence-corrected chi connectivity index (χ4v) is 3.76. The van der Waals surface area contributed by atoms with Crippen LogP contribution in [0.4, 0.5) is 10.5 Å². The summed E-state index contributed by atoms with van der Waals surface area (Å²) in [6, 6.07) is 12.8. The summed E-state index contributed by atoms with van der Waals surface area (Å²) in [5.41, 5.74) is 1.28. The zero-order valence-electron chi connectivity index (χ0n) is 13.6. The van der Waals surface area contributed by atoms with E-state index in [1.54, 1.807) is 24.3 Å². The van der Waals surface area contributed by atoms with Crippen LogP contribution in [0.1, 0.15) is 36.3 Å². The molecule has 1 N–H and O–H groups in total. The predicted molar refractivity (Wildman–Crippen MR) is 89.2 cm³/mol. The van der Waals surface area contributed by atoms with Crippen molar-refractivity contribution in [2.45, 2.75) is 38.3 Å². The molecule has 3 fully saturated rings. The molecule has 5 rings (SSSR count). The molecule has 122 valence electrons. The number of nitrogens with one attached hydrogen (secondary N) is 1. The lowest BCUT2D eigenvalue weighted by Crippen LogP contribution is -2.69. The molecule has 5 nitrogen and oxygen atoms in total. The number of nitrogens with zero attached hydrogens (tertiary/aromatic N) is 2. The van der Waals surface area contributed by atoms with Crippen molar-refractivity contribution in [1.82, 2.24) is 4.90 Å². The topological polar surface area (TPSA) is 69.3 Å². The largest absolute Gasteiger partial charge is 0.464 e. The fraction of sp³-hybridized carbons (Fsp3) is 0.368. The molecule has 0 saturated heterocycles. The minimum Gasteiger partial charge on any atom is -0.464 e. The summed E-state index contributed by atoms with van der Waals surface area (Å²) in [5, 5.41) is 11.8. The highest BCUT2D eigenvalue weighted by molar-refractivity contribution is 5.90. The number of rotatable bonds is 4. The highest BCUT2D eigenvalue weighted by atomic mass is 16.3. The van der Waals surface area contributed by atoms with E-state index in [1.807, 2.05) is 24.0 Å². The number of nitriles is 1. The number of carbonyl (C=O) groups excluding carboxylic acids is 1. The van der Waals surface area contributed by atoms with E-state index < -0.39 is 0 Å². The molecule has 0 aliphatic heterocycles. The maximum Gasteiger partial charge on any atom is 0.322 e. The second-order valence-electron chi connectivity index (χ2n) is 6.92. The second kappa shape index (κ2) is 5.41. The molecule has 3 aliphatic carbocycles. The van der Waals surface area contributed by atoms with Gasteiger partial charge in [0, 0.05) is 11.2 Å². The van der Waals surface area contributed by atoms with E-state index >= 15 is 0 Å². The lowest BCUT2D eigenvalue weighted by atomic mass is 9.49. The van der Waals surface area contributed by atoms with Crippen LogP contribution in [0.25, 0.3) is 0 Å². The van der Waals surface area contributed by atoms with Crippen LogP contribution in [0.2, 0.25) is 0 Å². The maximum absolute atomic E-state index is 12.9. The van der Waals surface area contributed by atoms with Gasteiger partial charge in [0.1, 0.15) is 11.5 Å². The van der Waals surface area contributed by atoms with Crippen molar-refractivity contribution in [3.05, 3.63) is 53.5 Å². The number of amides is 2. The van der Waals surface area contributed by atoms with Gasteiger partial charge in [-0.3, -0.25) is 0 Å². The van der Waals surface area contributed by atoms with Gasteiger partial charge in [-0.05, 0) is 68.5 Å². The first-order chi connectivity index (χ1) is 11.6. The molecule has 5 heteroatoms. The lowest BCUT2D eigenvalue weighted by Gasteiger charge is -2.66. The van der Waals surface area contributed by atoms with Crippen molar-refractivity contribution in [3.63, 3.8) is 0 Å². The Hall–Kier alpha value is -2.74. The number of hydrogen-bond donors (Lipinski definition) is 1. The van der Waals surface area contributed by atoms with Crippen molar-refractivity contribution < 1.29 is 9.21 Å². The Bertz CT molecular complexity index is 799. The van der Waals surface area contributed by atoms with Crippen LogP contribution in [0.5, 0.6) is 0 Å². The Morgan fingerprint density at radius 2 is 2.00 bits per heavy atom. The molecule has 0 radical (unpaired) electrons. The normalized spacial score (nSPS) is 23.6. The van der Waals surface area contributed by atoms with Crippen molar-refractivity contribution in [1.29, 1.82) is 5.26 Å². The number of benzene rings is 1. The molecule has 3 saturated carbocycles. The lowest BCUT2D eigenvalue weighted by molar-refractivity contribution is -0.123. The summed E-state index contributed by atoms with van der Waals surface area (Å²) in [7, 11) is 0. The molecular formula is C19H19N3O2. The van der Waals surface area contributed by atoms with E-state index in [0.29, 0.717) is 17.8 Å². The molecule has 2 bridgehead atoms. The molecule has 0 atom stereocenters. The first-order valence-corrected chi connectivity index (χ1v) is 8.22. The quantitative estimate of drug-likeness (QED) is 0.923. The molecule has 1 heterocycles. The third-order valence-electron chi connectivity index (χ3n) is 5.20. The van der Waals surface area contributed by atoms with Gasteiger partial charge in [-0.2, -0.15) is 5.26 Å². The zero-order valence-corrected chi connectivity index (χ0v) is 13.6. The van der Waals surface area contributed by atoms with Crippen LogP contribution in [-0.2, 0) is 6.54 Å². The Kier molecular flexibility index (Phi) is 3.34. The van der Waals surface area contributed by atoms with E-state index in [4.69, 9.17) is 9.68 Å². The number of hydrogen-bond acceptors (Lipinski definition) is 3. The molecule has 2 amide bonds. The van der Waals surface area contributed by atoms with Gasteiger partial charge in [-0.15, -0.1) is 0 Å². The third-order valence-corrected chi connectivity index (χ3v) is 5.20. The van der Waals surface area contributed by atoms with E-state index in [-0.39, 0.29) is 11.6 Å². The highest BCUT2D eigenvalue weighted by Gasteiger charge is 2.61. The second-order valence-corrected chi connectivity index (χ2v) is 6.92. The van der Waals surface area contributed by atoms with Gasteiger partial charge >= 0.3 is 6.03 Å². The summed E-state index contributed by atoms with van der Waals surface area (Å²) >= 11 is 0. The first kappa shape index (κ1) is 14.8. The summed E-state index contributed by atoms with van der Waals surface area (Å²) in [6.07, 6.45) is 3.27. The third kappa shape index (κ3) is 2.44. The number of aryl methyl sites for hydroxylation is 1. The summed E-state index contributed by atoms with van der Waals surface area (Å²) in [5.74, 6) is 2.45. The molecule has 2 aromatic rings. The minimum atomic E-state index is -0.105. The first-order valence-electron chi connectivity index (χ1n) is 8.22. The maximum atomic E-state index is 12.9. The van der Waals surface area contributed by atoms with E-state index in [9.17, 15) is 4.79 Å². The average Bonchev–Trinajstić information content (AvgIpc) is 2.89. The van der Waals surface area contributed by atoms with Gasteiger partial charge < -0.3 is 14.6 Å². The number of furan rings is 1. The molecule has 1 aromatic heterocycles. The highest BCUT2D eigenvalue weighted by Crippen LogP contribution is 2.61. The molecular weight excluding hydrogens is 302 g/mol. The Balaban J connectivity index is 1.51. The fourth-order valence-electron chi connectivity index (χ4n) is 3.76. The van der Waals surface area contributed by atoms with Gasteiger partial charge in [-0.1, -0.05) is 0 Å². The number of anilines is 1. The zero-order chi connectivity index (χ0) is 16.7. The molecule has 3 aliphatic rings. The van der Waals surface area contributed by atoms with Gasteiger partial charge in [0.25, 0.3) is 0 Å². The molecule has 0 unspecified atom stereocenters. The van der Waals surface area contributed by atoms with Crippen LogP contribution in [0.3, 0.4) is 0 Å². The smallest absolute Gasteiger partial charge is 0.322 e. The molecule has 24 heavy (non-hydrogen) atoms.